The molecule has 96 valence electrons. The fourth-order valence-electron chi connectivity index (χ4n) is 1.70. The van der Waals surface area contributed by atoms with Gasteiger partial charge in [-0.05, 0) is 12.5 Å². The standard InChI is InChI=1S/C12H15N3O3/c1-4-5-8-10(12(16)17-3)18-11(14-8)9-6-7-13-15(9)2/h6-7H,4-5H2,1-3H3. The smallest absolute Gasteiger partial charge is 0.376 e. The number of hydrogen-bond acceptors (Lipinski definition) is 5. The van der Waals surface area contributed by atoms with Crippen molar-refractivity contribution in [3.63, 3.8) is 0 Å². The van der Waals surface area contributed by atoms with Crippen LogP contribution in [0.15, 0.2) is 16.7 Å². The first-order valence-electron chi connectivity index (χ1n) is 5.73. The summed E-state index contributed by atoms with van der Waals surface area (Å²) in [6, 6.07) is 1.78. The third kappa shape index (κ3) is 2.13. The average molecular weight is 249 g/mol. The Hall–Kier alpha value is -2.11. The zero-order chi connectivity index (χ0) is 13.1. The number of esters is 1. The van der Waals surface area contributed by atoms with Crippen LogP contribution in [0.1, 0.15) is 29.6 Å². The van der Waals surface area contributed by atoms with Gasteiger partial charge in [0.05, 0.1) is 12.8 Å². The van der Waals surface area contributed by atoms with E-state index < -0.39 is 5.97 Å². The van der Waals surface area contributed by atoms with Crippen LogP contribution in [0.2, 0.25) is 0 Å². The van der Waals surface area contributed by atoms with E-state index >= 15 is 0 Å². The molecule has 2 aromatic heterocycles. The van der Waals surface area contributed by atoms with Gasteiger partial charge in [-0.2, -0.15) is 5.10 Å². The SMILES string of the molecule is CCCc1nc(-c2ccnn2C)oc1C(=O)OC. The molecule has 0 fully saturated rings. The van der Waals surface area contributed by atoms with E-state index in [1.807, 2.05) is 6.92 Å². The van der Waals surface area contributed by atoms with Crippen molar-refractivity contribution in [2.24, 2.45) is 7.05 Å². The quantitative estimate of drug-likeness (QED) is 0.773. The summed E-state index contributed by atoms with van der Waals surface area (Å²) in [4.78, 5) is 15.9. The second-order valence-electron chi connectivity index (χ2n) is 3.88. The molecule has 0 radical (unpaired) electrons. The number of aryl methyl sites for hydroxylation is 2. The maximum atomic E-state index is 11.6. The van der Waals surface area contributed by atoms with Gasteiger partial charge in [0.25, 0.3) is 0 Å². The summed E-state index contributed by atoms with van der Waals surface area (Å²) in [6.45, 7) is 2.01. The lowest BCUT2D eigenvalue weighted by Crippen LogP contribution is -2.03. The van der Waals surface area contributed by atoms with Crippen LogP contribution in [0.25, 0.3) is 11.6 Å². The first kappa shape index (κ1) is 12.3. The van der Waals surface area contributed by atoms with Crippen molar-refractivity contribution in [1.82, 2.24) is 14.8 Å². The van der Waals surface area contributed by atoms with Crippen molar-refractivity contribution in [1.29, 1.82) is 0 Å². The van der Waals surface area contributed by atoms with Gasteiger partial charge in [-0.3, -0.25) is 4.68 Å². The maximum Gasteiger partial charge on any atom is 0.376 e. The van der Waals surface area contributed by atoms with Crippen LogP contribution in [0.4, 0.5) is 0 Å². The van der Waals surface area contributed by atoms with E-state index in [1.165, 1.54) is 7.11 Å². The van der Waals surface area contributed by atoms with Crippen molar-refractivity contribution in [2.75, 3.05) is 7.11 Å². The molecule has 6 heteroatoms. The van der Waals surface area contributed by atoms with Crippen LogP contribution in [0, 0.1) is 0 Å². The van der Waals surface area contributed by atoms with Crippen LogP contribution in [0.5, 0.6) is 0 Å². The summed E-state index contributed by atoms with van der Waals surface area (Å²) in [5.74, 6) is 0.0637. The normalized spacial score (nSPS) is 10.6. The Labute approximate surface area is 105 Å². The number of carbonyl (C=O) groups excluding carboxylic acids is 1. The van der Waals surface area contributed by atoms with Crippen molar-refractivity contribution in [3.05, 3.63) is 23.7 Å². The van der Waals surface area contributed by atoms with E-state index in [1.54, 1.807) is 24.0 Å². The predicted molar refractivity (Wildman–Crippen MR) is 64.0 cm³/mol. The molecule has 0 aliphatic heterocycles. The number of hydrogen-bond donors (Lipinski definition) is 0. The molecule has 2 heterocycles. The van der Waals surface area contributed by atoms with Gasteiger partial charge in [0.1, 0.15) is 5.69 Å². The summed E-state index contributed by atoms with van der Waals surface area (Å²) in [7, 11) is 3.11. The Morgan fingerprint density at radius 1 is 1.56 bits per heavy atom. The fourth-order valence-corrected chi connectivity index (χ4v) is 1.70. The van der Waals surface area contributed by atoms with Gasteiger partial charge in [-0.15, -0.1) is 0 Å². The van der Waals surface area contributed by atoms with Crippen molar-refractivity contribution in [2.45, 2.75) is 19.8 Å². The lowest BCUT2D eigenvalue weighted by Gasteiger charge is -1.96. The van der Waals surface area contributed by atoms with Crippen LogP contribution in [-0.2, 0) is 18.2 Å². The number of rotatable bonds is 4. The molecule has 0 atom stereocenters. The Morgan fingerprint density at radius 3 is 2.89 bits per heavy atom. The molecule has 0 N–H and O–H groups in total. The molecule has 0 aromatic carbocycles. The molecule has 6 nitrogen and oxygen atoms in total. The molecule has 0 aliphatic rings. The fraction of sp³-hybridized carbons (Fsp3) is 0.417. The van der Waals surface area contributed by atoms with Gasteiger partial charge in [-0.1, -0.05) is 13.3 Å². The van der Waals surface area contributed by atoms with Gasteiger partial charge in [0.15, 0.2) is 0 Å². The lowest BCUT2D eigenvalue weighted by molar-refractivity contribution is 0.0564. The molecule has 0 amide bonds. The minimum Gasteiger partial charge on any atom is -0.463 e. The summed E-state index contributed by atoms with van der Waals surface area (Å²) < 4.78 is 11.8. The van der Waals surface area contributed by atoms with E-state index in [2.05, 4.69) is 14.8 Å². The first-order valence-corrected chi connectivity index (χ1v) is 5.73. The van der Waals surface area contributed by atoms with Gasteiger partial charge in [-0.25, -0.2) is 9.78 Å². The third-order valence-corrected chi connectivity index (χ3v) is 2.59. The highest BCUT2D eigenvalue weighted by molar-refractivity contribution is 5.87. The second-order valence-corrected chi connectivity index (χ2v) is 3.88. The number of ether oxygens (including phenoxy) is 1. The topological polar surface area (TPSA) is 70.2 Å². The molecule has 0 spiro atoms. The first-order chi connectivity index (χ1) is 8.67. The summed E-state index contributed by atoms with van der Waals surface area (Å²) in [6.07, 6.45) is 3.20. The van der Waals surface area contributed by atoms with E-state index in [4.69, 9.17) is 4.42 Å². The molecular formula is C12H15N3O3. The largest absolute Gasteiger partial charge is 0.463 e. The van der Waals surface area contributed by atoms with E-state index in [0.717, 1.165) is 12.1 Å². The molecule has 0 bridgehead atoms. The van der Waals surface area contributed by atoms with E-state index in [9.17, 15) is 4.79 Å². The number of oxazole rings is 1. The predicted octanol–water partition coefficient (Wildman–Crippen LogP) is 1.81. The van der Waals surface area contributed by atoms with Crippen molar-refractivity contribution < 1.29 is 13.9 Å². The van der Waals surface area contributed by atoms with Crippen molar-refractivity contribution >= 4 is 5.97 Å². The van der Waals surface area contributed by atoms with Gasteiger partial charge in [0, 0.05) is 13.2 Å². The van der Waals surface area contributed by atoms with E-state index in [0.29, 0.717) is 18.0 Å². The van der Waals surface area contributed by atoms with Crippen LogP contribution < -0.4 is 0 Å². The number of nitrogens with zero attached hydrogens (tertiary/aromatic N) is 3. The number of carbonyl (C=O) groups is 1. The third-order valence-electron chi connectivity index (χ3n) is 2.59. The Balaban J connectivity index is 2.45. The maximum absolute atomic E-state index is 11.6. The zero-order valence-electron chi connectivity index (χ0n) is 10.6. The van der Waals surface area contributed by atoms with E-state index in [-0.39, 0.29) is 5.76 Å². The monoisotopic (exact) mass is 249 g/mol. The Kier molecular flexibility index (Phi) is 3.45. The van der Waals surface area contributed by atoms with Crippen molar-refractivity contribution in [3.8, 4) is 11.6 Å². The Morgan fingerprint density at radius 2 is 2.33 bits per heavy atom. The molecule has 0 saturated heterocycles. The highest BCUT2D eigenvalue weighted by Crippen LogP contribution is 2.22. The van der Waals surface area contributed by atoms with Gasteiger partial charge >= 0.3 is 5.97 Å². The number of aromatic nitrogens is 3. The summed E-state index contributed by atoms with van der Waals surface area (Å²) >= 11 is 0. The molecular weight excluding hydrogens is 234 g/mol. The molecule has 2 rings (SSSR count). The average Bonchev–Trinajstić information content (AvgIpc) is 2.95. The second kappa shape index (κ2) is 5.03. The summed E-state index contributed by atoms with van der Waals surface area (Å²) in [5, 5.41) is 4.04. The van der Waals surface area contributed by atoms with Gasteiger partial charge in [0.2, 0.25) is 11.7 Å². The van der Waals surface area contributed by atoms with Crippen LogP contribution >= 0.6 is 0 Å². The highest BCUT2D eigenvalue weighted by atomic mass is 16.5. The molecule has 2 aromatic rings. The number of methoxy groups -OCH3 is 1. The minimum absolute atomic E-state index is 0.176. The van der Waals surface area contributed by atoms with Gasteiger partial charge < -0.3 is 9.15 Å². The highest BCUT2D eigenvalue weighted by Gasteiger charge is 2.22. The van der Waals surface area contributed by atoms with Crippen LogP contribution in [-0.4, -0.2) is 27.8 Å². The zero-order valence-corrected chi connectivity index (χ0v) is 10.6. The molecule has 0 unspecified atom stereocenters. The Bertz CT molecular complexity index is 557. The minimum atomic E-state index is -0.501. The lowest BCUT2D eigenvalue weighted by atomic mass is 10.2. The molecule has 18 heavy (non-hydrogen) atoms. The molecule has 0 aliphatic carbocycles. The van der Waals surface area contributed by atoms with Crippen LogP contribution in [0.3, 0.4) is 0 Å². The molecule has 0 saturated carbocycles. The summed E-state index contributed by atoms with van der Waals surface area (Å²) in [5.41, 5.74) is 1.35.